The zero-order valence-corrected chi connectivity index (χ0v) is 11.2. The van der Waals surface area contributed by atoms with Crippen molar-refractivity contribution in [2.45, 2.75) is 25.8 Å². The molecule has 0 saturated heterocycles. The van der Waals surface area contributed by atoms with Crippen LogP contribution < -0.4 is 5.32 Å². The quantitative estimate of drug-likeness (QED) is 0.887. The lowest BCUT2D eigenvalue weighted by Gasteiger charge is -2.05. The molecule has 0 unspecified atom stereocenters. The monoisotopic (exact) mass is 253 g/mol. The highest BCUT2D eigenvalue weighted by atomic mass is 15.0. The maximum absolute atomic E-state index is 4.06. The summed E-state index contributed by atoms with van der Waals surface area (Å²) in [5, 5.41) is 3.53. The van der Waals surface area contributed by atoms with Gasteiger partial charge in [0.1, 0.15) is 0 Å². The Kier molecular flexibility index (Phi) is 3.47. The van der Waals surface area contributed by atoms with Gasteiger partial charge in [-0.25, -0.2) is 4.98 Å². The van der Waals surface area contributed by atoms with Crippen LogP contribution >= 0.6 is 0 Å². The molecule has 3 nitrogen and oxygen atoms in total. The van der Waals surface area contributed by atoms with Gasteiger partial charge >= 0.3 is 0 Å². The van der Waals surface area contributed by atoms with Crippen LogP contribution in [0.2, 0.25) is 0 Å². The first-order chi connectivity index (χ1) is 9.31. The van der Waals surface area contributed by atoms with Crippen LogP contribution in [0.4, 0.5) is 0 Å². The summed E-state index contributed by atoms with van der Waals surface area (Å²) in [6.07, 6.45) is 10.5. The number of hydrogen-bond acceptors (Lipinski definition) is 2. The number of hydrogen-bond donors (Lipinski definition) is 1. The number of imidazole rings is 1. The molecule has 1 aliphatic carbocycles. The van der Waals surface area contributed by atoms with Gasteiger partial charge in [-0.3, -0.25) is 0 Å². The van der Waals surface area contributed by atoms with Gasteiger partial charge in [0.15, 0.2) is 0 Å². The summed E-state index contributed by atoms with van der Waals surface area (Å²) in [7, 11) is 0. The molecule has 0 amide bonds. The van der Waals surface area contributed by atoms with E-state index in [0.717, 1.165) is 18.3 Å². The fourth-order valence-electron chi connectivity index (χ4n) is 2.08. The first-order valence-corrected chi connectivity index (χ1v) is 6.80. The highest BCUT2D eigenvalue weighted by molar-refractivity contribution is 5.54. The van der Waals surface area contributed by atoms with Crippen molar-refractivity contribution in [2.24, 2.45) is 0 Å². The molecular formula is C16H19N3. The molecule has 3 heteroatoms. The Hall–Kier alpha value is -1.87. The average molecular weight is 253 g/mol. The number of rotatable bonds is 5. The predicted molar refractivity (Wildman–Crippen MR) is 78.2 cm³/mol. The molecule has 0 aliphatic heterocycles. The molecule has 0 radical (unpaired) electrons. The lowest BCUT2D eigenvalue weighted by molar-refractivity contribution is 0.736. The third kappa shape index (κ3) is 3.32. The molecule has 0 spiro atoms. The molecule has 1 N–H and O–H groups in total. The lowest BCUT2D eigenvalue weighted by Crippen LogP contribution is -2.18. The van der Waals surface area contributed by atoms with Crippen LogP contribution in [-0.2, 0) is 0 Å². The van der Waals surface area contributed by atoms with Gasteiger partial charge < -0.3 is 9.88 Å². The lowest BCUT2D eigenvalue weighted by atomic mass is 10.1. The predicted octanol–water partition coefficient (Wildman–Crippen LogP) is 3.03. The van der Waals surface area contributed by atoms with E-state index in [-0.39, 0.29) is 0 Å². The minimum Gasteiger partial charge on any atom is -0.310 e. The van der Waals surface area contributed by atoms with Crippen LogP contribution in [0, 0.1) is 0 Å². The van der Waals surface area contributed by atoms with Gasteiger partial charge in [0.25, 0.3) is 0 Å². The minimum absolute atomic E-state index is 0.770. The van der Waals surface area contributed by atoms with Gasteiger partial charge in [-0.05, 0) is 37.5 Å². The first kappa shape index (κ1) is 12.2. The molecule has 0 atom stereocenters. The number of nitrogens with zero attached hydrogens (tertiary/aromatic N) is 2. The van der Waals surface area contributed by atoms with E-state index in [9.17, 15) is 0 Å². The topological polar surface area (TPSA) is 29.9 Å². The second kappa shape index (κ2) is 5.41. The number of aromatic nitrogens is 2. The molecule has 1 saturated carbocycles. The van der Waals surface area contributed by atoms with Crippen LogP contribution in [0.5, 0.6) is 0 Å². The van der Waals surface area contributed by atoms with Crippen molar-refractivity contribution in [1.29, 1.82) is 0 Å². The van der Waals surface area contributed by atoms with E-state index < -0.39 is 0 Å². The summed E-state index contributed by atoms with van der Waals surface area (Å²) in [5.41, 5.74) is 3.77. The summed E-state index contributed by atoms with van der Waals surface area (Å²) in [4.78, 5) is 4.06. The molecule has 1 aliphatic rings. The molecule has 1 aromatic carbocycles. The molecule has 0 bridgehead atoms. The van der Waals surface area contributed by atoms with Crippen molar-refractivity contribution >= 4 is 6.08 Å². The highest BCUT2D eigenvalue weighted by Gasteiger charge is 2.19. The van der Waals surface area contributed by atoms with Crippen LogP contribution in [0.25, 0.3) is 11.8 Å². The highest BCUT2D eigenvalue weighted by Crippen LogP contribution is 2.19. The fraction of sp³-hybridized carbons (Fsp3) is 0.312. The van der Waals surface area contributed by atoms with E-state index in [1.807, 2.05) is 17.1 Å². The molecule has 19 heavy (non-hydrogen) atoms. The van der Waals surface area contributed by atoms with E-state index >= 15 is 0 Å². The molecule has 1 aromatic heterocycles. The van der Waals surface area contributed by atoms with E-state index in [1.165, 1.54) is 24.0 Å². The van der Waals surface area contributed by atoms with Crippen LogP contribution in [0.1, 0.15) is 25.3 Å². The van der Waals surface area contributed by atoms with Gasteiger partial charge in [-0.2, -0.15) is 0 Å². The van der Waals surface area contributed by atoms with Crippen LogP contribution in [0.3, 0.4) is 0 Å². The van der Waals surface area contributed by atoms with E-state index in [2.05, 4.69) is 47.6 Å². The van der Waals surface area contributed by atoms with E-state index in [4.69, 9.17) is 0 Å². The SMILES string of the molecule is CC(=Cc1ccc(-n2ccnc2)cc1)CNC1CC1. The van der Waals surface area contributed by atoms with Crippen molar-refractivity contribution in [1.82, 2.24) is 14.9 Å². The maximum Gasteiger partial charge on any atom is 0.0991 e. The molecule has 2 aromatic rings. The summed E-state index contributed by atoms with van der Waals surface area (Å²) in [5.74, 6) is 0. The Bertz CT molecular complexity index is 548. The third-order valence-corrected chi connectivity index (χ3v) is 3.36. The number of nitrogens with one attached hydrogen (secondary N) is 1. The summed E-state index contributed by atoms with van der Waals surface area (Å²) in [6, 6.07) is 9.31. The summed E-state index contributed by atoms with van der Waals surface area (Å²) in [6.45, 7) is 3.17. The maximum atomic E-state index is 4.06. The van der Waals surface area contributed by atoms with Crippen molar-refractivity contribution in [3.05, 3.63) is 54.1 Å². The van der Waals surface area contributed by atoms with Gasteiger partial charge in [-0.15, -0.1) is 0 Å². The Morgan fingerprint density at radius 1 is 1.37 bits per heavy atom. The Morgan fingerprint density at radius 2 is 2.16 bits per heavy atom. The zero-order valence-electron chi connectivity index (χ0n) is 11.2. The van der Waals surface area contributed by atoms with Crippen molar-refractivity contribution in [3.8, 4) is 5.69 Å². The normalized spacial score (nSPS) is 15.7. The van der Waals surface area contributed by atoms with E-state index in [1.54, 1.807) is 6.20 Å². The fourth-order valence-corrected chi connectivity index (χ4v) is 2.08. The van der Waals surface area contributed by atoms with Crippen molar-refractivity contribution in [3.63, 3.8) is 0 Å². The Balaban J connectivity index is 1.66. The molecule has 3 rings (SSSR count). The van der Waals surface area contributed by atoms with Gasteiger partial charge in [0.05, 0.1) is 6.33 Å². The number of benzene rings is 1. The summed E-state index contributed by atoms with van der Waals surface area (Å²) < 4.78 is 2.01. The van der Waals surface area contributed by atoms with Crippen LogP contribution in [0.15, 0.2) is 48.6 Å². The minimum atomic E-state index is 0.770. The van der Waals surface area contributed by atoms with Gasteiger partial charge in [-0.1, -0.05) is 23.8 Å². The third-order valence-electron chi connectivity index (χ3n) is 3.36. The van der Waals surface area contributed by atoms with Gasteiger partial charge in [0.2, 0.25) is 0 Å². The molecule has 1 fully saturated rings. The Morgan fingerprint density at radius 3 is 2.79 bits per heavy atom. The summed E-state index contributed by atoms with van der Waals surface area (Å²) >= 11 is 0. The smallest absolute Gasteiger partial charge is 0.0991 e. The van der Waals surface area contributed by atoms with Gasteiger partial charge in [0, 0.05) is 30.7 Å². The van der Waals surface area contributed by atoms with Crippen molar-refractivity contribution in [2.75, 3.05) is 6.54 Å². The van der Waals surface area contributed by atoms with Crippen LogP contribution in [-0.4, -0.2) is 22.1 Å². The average Bonchev–Trinajstić information content (AvgIpc) is 3.10. The standard InChI is InChI=1S/C16H19N3/c1-13(11-18-15-4-5-15)10-14-2-6-16(7-3-14)19-9-8-17-12-19/h2-3,6-10,12,15,18H,4-5,11H2,1H3. The zero-order chi connectivity index (χ0) is 13.1. The molecular weight excluding hydrogens is 234 g/mol. The molecule has 98 valence electrons. The van der Waals surface area contributed by atoms with E-state index in [0.29, 0.717) is 0 Å². The second-order valence-electron chi connectivity index (χ2n) is 5.21. The molecule has 1 heterocycles. The van der Waals surface area contributed by atoms with Crippen molar-refractivity contribution < 1.29 is 0 Å². The Labute approximate surface area is 114 Å². The first-order valence-electron chi connectivity index (χ1n) is 6.80. The second-order valence-corrected chi connectivity index (χ2v) is 5.21. The largest absolute Gasteiger partial charge is 0.310 e.